The number of nitrogens with one attached hydrogen (secondary N) is 3. The second kappa shape index (κ2) is 5.99. The number of aromatic amines is 2. The van der Waals surface area contributed by atoms with Gasteiger partial charge in [0.1, 0.15) is 23.4 Å². The lowest BCUT2D eigenvalue weighted by Crippen LogP contribution is -2.24. The van der Waals surface area contributed by atoms with Crippen molar-refractivity contribution in [1.29, 1.82) is 5.41 Å². The average molecular weight is 347 g/mol. The number of nitrogens with two attached hydrogens (primary N) is 2. The first-order chi connectivity index (χ1) is 12.5. The molecule has 7 N–H and O–H groups in total. The first kappa shape index (κ1) is 15.8. The van der Waals surface area contributed by atoms with Crippen LogP contribution in [0.3, 0.4) is 0 Å². The summed E-state index contributed by atoms with van der Waals surface area (Å²) in [6.45, 7) is 0. The zero-order valence-electron chi connectivity index (χ0n) is 13.8. The van der Waals surface area contributed by atoms with Gasteiger partial charge in [-0.3, -0.25) is 10.2 Å². The molecule has 0 bridgehead atoms. The summed E-state index contributed by atoms with van der Waals surface area (Å²) in [4.78, 5) is 27.3. The number of amides is 1. The van der Waals surface area contributed by atoms with Gasteiger partial charge in [0.05, 0.1) is 22.1 Å². The van der Waals surface area contributed by atoms with E-state index in [0.29, 0.717) is 29.1 Å². The smallest absolute Gasteiger partial charge is 0.228 e. The van der Waals surface area contributed by atoms with Crippen LogP contribution in [0.15, 0.2) is 42.5 Å². The Morgan fingerprint density at radius 2 is 1.81 bits per heavy atom. The Morgan fingerprint density at radius 3 is 2.54 bits per heavy atom. The summed E-state index contributed by atoms with van der Waals surface area (Å²) < 4.78 is 0. The first-order valence-corrected chi connectivity index (χ1v) is 8.08. The zero-order valence-corrected chi connectivity index (χ0v) is 13.8. The molecule has 2 aromatic carbocycles. The molecule has 8 nitrogen and oxygen atoms in total. The number of carbonyl (C=O) groups excluding carboxylic acids is 1. The largest absolute Gasteiger partial charge is 0.384 e. The monoisotopic (exact) mass is 347 g/mol. The molecule has 0 aliphatic heterocycles. The topological polar surface area (TPSA) is 150 Å². The van der Waals surface area contributed by atoms with Gasteiger partial charge in [-0.15, -0.1) is 0 Å². The fourth-order valence-corrected chi connectivity index (χ4v) is 2.99. The maximum atomic E-state index is 12.0. The van der Waals surface area contributed by atoms with Crippen molar-refractivity contribution < 1.29 is 4.79 Å². The third-order valence-corrected chi connectivity index (χ3v) is 4.32. The molecule has 26 heavy (non-hydrogen) atoms. The van der Waals surface area contributed by atoms with Gasteiger partial charge in [0, 0.05) is 12.0 Å². The zero-order chi connectivity index (χ0) is 18.3. The van der Waals surface area contributed by atoms with Gasteiger partial charge < -0.3 is 21.4 Å². The minimum absolute atomic E-state index is 0.0197. The van der Waals surface area contributed by atoms with E-state index in [1.54, 1.807) is 12.1 Å². The van der Waals surface area contributed by atoms with Crippen LogP contribution in [0, 0.1) is 5.41 Å². The summed E-state index contributed by atoms with van der Waals surface area (Å²) in [6, 6.07) is 12.8. The van der Waals surface area contributed by atoms with E-state index in [1.165, 1.54) is 0 Å². The lowest BCUT2D eigenvalue weighted by Gasteiger charge is -2.08. The van der Waals surface area contributed by atoms with Crippen molar-refractivity contribution in [2.45, 2.75) is 12.3 Å². The molecule has 0 spiro atoms. The predicted molar refractivity (Wildman–Crippen MR) is 98.8 cm³/mol. The number of hydrogen-bond acceptors (Lipinski definition) is 4. The van der Waals surface area contributed by atoms with E-state index in [0.717, 1.165) is 16.6 Å². The van der Waals surface area contributed by atoms with Crippen LogP contribution in [0.2, 0.25) is 0 Å². The summed E-state index contributed by atoms with van der Waals surface area (Å²) in [5.74, 6) is 0.00598. The van der Waals surface area contributed by atoms with Crippen LogP contribution < -0.4 is 11.5 Å². The number of benzene rings is 2. The molecular weight excluding hydrogens is 330 g/mol. The SMILES string of the molecule is N=C(N)c1ccc2[nH]c(CC(C(N)=O)c3nc4ccccc4[nH]3)nc2c1. The molecule has 4 rings (SSSR count). The lowest BCUT2D eigenvalue weighted by molar-refractivity contribution is -0.119. The number of nitrogen functional groups attached to an aromatic ring is 1. The van der Waals surface area contributed by atoms with Crippen molar-refractivity contribution in [3.05, 3.63) is 59.7 Å². The Hall–Kier alpha value is -3.68. The Balaban J connectivity index is 1.69. The molecule has 1 atom stereocenters. The van der Waals surface area contributed by atoms with Crippen molar-refractivity contribution in [3.8, 4) is 0 Å². The first-order valence-electron chi connectivity index (χ1n) is 8.08. The van der Waals surface area contributed by atoms with Gasteiger partial charge in [0.15, 0.2) is 0 Å². The fourth-order valence-electron chi connectivity index (χ4n) is 2.99. The average Bonchev–Trinajstić information content (AvgIpc) is 3.21. The molecule has 0 aliphatic carbocycles. The Labute approximate surface area is 148 Å². The van der Waals surface area contributed by atoms with Gasteiger partial charge in [-0.05, 0) is 30.3 Å². The van der Waals surface area contributed by atoms with Crippen LogP contribution in [0.4, 0.5) is 0 Å². The molecule has 0 saturated heterocycles. The highest BCUT2D eigenvalue weighted by Gasteiger charge is 2.23. The van der Waals surface area contributed by atoms with Gasteiger partial charge in [-0.2, -0.15) is 0 Å². The quantitative estimate of drug-likeness (QED) is 0.275. The Kier molecular flexibility index (Phi) is 3.65. The summed E-state index contributed by atoms with van der Waals surface area (Å²) in [5, 5.41) is 7.52. The molecule has 0 aliphatic rings. The number of carbonyl (C=O) groups is 1. The highest BCUT2D eigenvalue weighted by atomic mass is 16.1. The minimum Gasteiger partial charge on any atom is -0.384 e. The van der Waals surface area contributed by atoms with E-state index in [1.807, 2.05) is 30.3 Å². The highest BCUT2D eigenvalue weighted by Crippen LogP contribution is 2.22. The van der Waals surface area contributed by atoms with Crippen molar-refractivity contribution >= 4 is 33.8 Å². The van der Waals surface area contributed by atoms with Gasteiger partial charge in [0.2, 0.25) is 5.91 Å². The standard InChI is InChI=1S/C18H17N7O/c19-16(20)9-5-6-13-14(7-9)23-15(22-13)8-10(17(21)26)18-24-11-3-1-2-4-12(11)25-18/h1-7,10H,8H2,(H3,19,20)(H2,21,26)(H,22,23)(H,24,25). The lowest BCUT2D eigenvalue weighted by atomic mass is 10.0. The van der Waals surface area contributed by atoms with Gasteiger partial charge in [-0.1, -0.05) is 12.1 Å². The van der Waals surface area contributed by atoms with Crippen molar-refractivity contribution in [3.63, 3.8) is 0 Å². The number of rotatable bonds is 5. The number of H-pyrrole nitrogens is 2. The van der Waals surface area contributed by atoms with E-state index in [9.17, 15) is 4.79 Å². The maximum Gasteiger partial charge on any atom is 0.228 e. The number of aromatic nitrogens is 4. The summed E-state index contributed by atoms with van der Waals surface area (Å²) >= 11 is 0. The van der Waals surface area contributed by atoms with Crippen molar-refractivity contribution in [2.75, 3.05) is 0 Å². The van der Waals surface area contributed by atoms with Crippen LogP contribution >= 0.6 is 0 Å². The number of amidine groups is 1. The number of hydrogen-bond donors (Lipinski definition) is 5. The molecule has 1 amide bonds. The minimum atomic E-state index is -0.629. The van der Waals surface area contributed by atoms with Gasteiger partial charge >= 0.3 is 0 Å². The number of para-hydroxylation sites is 2. The van der Waals surface area contributed by atoms with Crippen LogP contribution in [-0.2, 0) is 11.2 Å². The van der Waals surface area contributed by atoms with E-state index in [4.69, 9.17) is 16.9 Å². The van der Waals surface area contributed by atoms with Crippen LogP contribution in [-0.4, -0.2) is 31.7 Å². The summed E-state index contributed by atoms with van der Waals surface area (Å²) in [6.07, 6.45) is 0.291. The summed E-state index contributed by atoms with van der Waals surface area (Å²) in [7, 11) is 0. The molecule has 0 fully saturated rings. The predicted octanol–water partition coefficient (Wildman–Crippen LogP) is 1.53. The number of imidazole rings is 2. The second-order valence-corrected chi connectivity index (χ2v) is 6.13. The molecule has 130 valence electrons. The maximum absolute atomic E-state index is 12.0. The molecule has 0 radical (unpaired) electrons. The van der Waals surface area contributed by atoms with Crippen LogP contribution in [0.25, 0.3) is 22.1 Å². The third-order valence-electron chi connectivity index (χ3n) is 4.32. The van der Waals surface area contributed by atoms with E-state index >= 15 is 0 Å². The molecule has 1 unspecified atom stereocenters. The van der Waals surface area contributed by atoms with Gasteiger partial charge in [-0.25, -0.2) is 9.97 Å². The molecule has 8 heteroatoms. The summed E-state index contributed by atoms with van der Waals surface area (Å²) in [5.41, 5.74) is 14.8. The van der Waals surface area contributed by atoms with Gasteiger partial charge in [0.25, 0.3) is 0 Å². The van der Waals surface area contributed by atoms with Crippen molar-refractivity contribution in [2.24, 2.45) is 11.5 Å². The van der Waals surface area contributed by atoms with E-state index in [2.05, 4.69) is 19.9 Å². The number of primary amides is 1. The molecule has 4 aromatic rings. The second-order valence-electron chi connectivity index (χ2n) is 6.13. The Morgan fingerprint density at radius 1 is 1.04 bits per heavy atom. The number of fused-ring (bicyclic) bond motifs is 2. The van der Waals surface area contributed by atoms with E-state index < -0.39 is 11.8 Å². The third kappa shape index (κ3) is 2.77. The fraction of sp³-hybridized carbons (Fsp3) is 0.111. The molecule has 0 saturated carbocycles. The van der Waals surface area contributed by atoms with Crippen LogP contribution in [0.5, 0.6) is 0 Å². The molecule has 2 heterocycles. The highest BCUT2D eigenvalue weighted by molar-refractivity contribution is 5.98. The number of nitrogens with zero attached hydrogens (tertiary/aromatic N) is 2. The normalized spacial score (nSPS) is 12.5. The van der Waals surface area contributed by atoms with E-state index in [-0.39, 0.29) is 5.84 Å². The molecular formula is C18H17N7O. The van der Waals surface area contributed by atoms with Crippen molar-refractivity contribution in [1.82, 2.24) is 19.9 Å². The Bertz CT molecular complexity index is 1110. The molecule has 2 aromatic heterocycles. The van der Waals surface area contributed by atoms with Crippen LogP contribution in [0.1, 0.15) is 23.1 Å².